The van der Waals surface area contributed by atoms with Gasteiger partial charge in [-0.05, 0) is 30.7 Å². The first-order valence-corrected chi connectivity index (χ1v) is 6.86. The Labute approximate surface area is 119 Å². The van der Waals surface area contributed by atoms with Crippen LogP contribution in [0.1, 0.15) is 26.6 Å². The van der Waals surface area contributed by atoms with Crippen molar-refractivity contribution in [3.63, 3.8) is 0 Å². The number of carbonyl (C=O) groups excluding carboxylic acids is 2. The van der Waals surface area contributed by atoms with E-state index in [9.17, 15) is 9.59 Å². The first kappa shape index (κ1) is 14.3. The van der Waals surface area contributed by atoms with Crippen molar-refractivity contribution in [2.45, 2.75) is 6.42 Å². The summed E-state index contributed by atoms with van der Waals surface area (Å²) < 4.78 is 4.98. The lowest BCUT2D eigenvalue weighted by atomic mass is 10.4. The standard InChI is InChI=1S/C13H14N2O4S/c16-7-2-6-14-13(18)10-4-5-11(20-10)15-12(17)9-3-1-8-19-9/h1,3-5,8,16H,2,6-7H2,(H,14,18)(H,15,17). The zero-order valence-electron chi connectivity index (χ0n) is 10.6. The second kappa shape index (κ2) is 6.88. The van der Waals surface area contributed by atoms with Crippen LogP contribution in [0.2, 0.25) is 0 Å². The Hall–Kier alpha value is -2.12. The third-order valence-corrected chi connectivity index (χ3v) is 3.43. The van der Waals surface area contributed by atoms with E-state index in [0.717, 1.165) is 0 Å². The lowest BCUT2D eigenvalue weighted by Gasteiger charge is -2.01. The maximum absolute atomic E-state index is 11.7. The third kappa shape index (κ3) is 3.69. The van der Waals surface area contributed by atoms with Crippen LogP contribution >= 0.6 is 11.3 Å². The van der Waals surface area contributed by atoms with Crippen molar-refractivity contribution in [1.29, 1.82) is 0 Å². The Bertz CT molecular complexity index is 577. The molecule has 0 spiro atoms. The molecule has 0 aliphatic rings. The van der Waals surface area contributed by atoms with Gasteiger partial charge in [0.15, 0.2) is 5.76 Å². The van der Waals surface area contributed by atoms with Crippen molar-refractivity contribution < 1.29 is 19.1 Å². The number of rotatable bonds is 6. The van der Waals surface area contributed by atoms with Crippen LogP contribution < -0.4 is 10.6 Å². The van der Waals surface area contributed by atoms with Crippen LogP contribution in [0.15, 0.2) is 34.9 Å². The summed E-state index contributed by atoms with van der Waals surface area (Å²) in [5.41, 5.74) is 0. The third-order valence-electron chi connectivity index (χ3n) is 2.43. The Morgan fingerprint density at radius 2 is 2.10 bits per heavy atom. The van der Waals surface area contributed by atoms with Crippen molar-refractivity contribution in [1.82, 2.24) is 5.32 Å². The lowest BCUT2D eigenvalue weighted by molar-refractivity contribution is 0.0953. The van der Waals surface area contributed by atoms with Gasteiger partial charge in [-0.2, -0.15) is 0 Å². The summed E-state index contributed by atoms with van der Waals surface area (Å²) in [4.78, 5) is 24.0. The molecule has 0 atom stereocenters. The first-order valence-electron chi connectivity index (χ1n) is 6.04. The molecule has 106 valence electrons. The van der Waals surface area contributed by atoms with Crippen LogP contribution in [-0.4, -0.2) is 30.1 Å². The van der Waals surface area contributed by atoms with Crippen molar-refractivity contribution >= 4 is 28.2 Å². The maximum atomic E-state index is 11.7. The highest BCUT2D eigenvalue weighted by Gasteiger charge is 2.12. The summed E-state index contributed by atoms with van der Waals surface area (Å²) in [6.07, 6.45) is 1.93. The lowest BCUT2D eigenvalue weighted by Crippen LogP contribution is -2.24. The average molecular weight is 294 g/mol. The summed E-state index contributed by atoms with van der Waals surface area (Å²) >= 11 is 1.18. The second-order valence-corrected chi connectivity index (χ2v) is 5.01. The Balaban J connectivity index is 1.92. The van der Waals surface area contributed by atoms with Crippen LogP contribution in [0.3, 0.4) is 0 Å². The van der Waals surface area contributed by atoms with E-state index in [2.05, 4.69) is 10.6 Å². The second-order valence-electron chi connectivity index (χ2n) is 3.93. The molecule has 0 saturated heterocycles. The minimum atomic E-state index is -0.357. The number of hydrogen-bond acceptors (Lipinski definition) is 5. The van der Waals surface area contributed by atoms with Crippen LogP contribution in [0.5, 0.6) is 0 Å². The molecule has 2 aromatic heterocycles. The van der Waals surface area contributed by atoms with Crippen molar-refractivity contribution in [2.75, 3.05) is 18.5 Å². The molecule has 0 fully saturated rings. The Morgan fingerprint density at radius 1 is 1.25 bits per heavy atom. The van der Waals surface area contributed by atoms with Crippen molar-refractivity contribution in [3.05, 3.63) is 41.2 Å². The smallest absolute Gasteiger partial charge is 0.291 e. The van der Waals surface area contributed by atoms with Gasteiger partial charge in [-0.15, -0.1) is 11.3 Å². The normalized spacial score (nSPS) is 10.2. The van der Waals surface area contributed by atoms with E-state index in [4.69, 9.17) is 9.52 Å². The monoisotopic (exact) mass is 294 g/mol. The van der Waals surface area contributed by atoms with Gasteiger partial charge in [0.05, 0.1) is 16.1 Å². The van der Waals surface area contributed by atoms with Crippen LogP contribution in [0.4, 0.5) is 5.00 Å². The molecule has 0 bridgehead atoms. The van der Waals surface area contributed by atoms with Gasteiger partial charge < -0.3 is 20.2 Å². The number of carbonyl (C=O) groups is 2. The number of furan rings is 1. The molecule has 6 nitrogen and oxygen atoms in total. The highest BCUT2D eigenvalue weighted by molar-refractivity contribution is 7.18. The quantitative estimate of drug-likeness (QED) is 0.707. The van der Waals surface area contributed by atoms with Gasteiger partial charge in [0.2, 0.25) is 0 Å². The molecule has 2 aromatic rings. The molecule has 0 unspecified atom stereocenters. The number of anilines is 1. The predicted molar refractivity (Wildman–Crippen MR) is 75.0 cm³/mol. The largest absolute Gasteiger partial charge is 0.459 e. The molecular weight excluding hydrogens is 280 g/mol. The molecule has 2 heterocycles. The molecule has 3 N–H and O–H groups in total. The van der Waals surface area contributed by atoms with Gasteiger partial charge in [0.25, 0.3) is 11.8 Å². The SMILES string of the molecule is O=C(Nc1ccc(C(=O)NCCCO)s1)c1ccco1. The molecule has 0 aromatic carbocycles. The molecule has 0 aliphatic heterocycles. The number of amides is 2. The molecule has 20 heavy (non-hydrogen) atoms. The number of aliphatic hydroxyl groups is 1. The van der Waals surface area contributed by atoms with E-state index in [1.807, 2.05) is 0 Å². The van der Waals surface area contributed by atoms with Crippen LogP contribution in [-0.2, 0) is 0 Å². The first-order chi connectivity index (χ1) is 9.70. The fourth-order valence-electron chi connectivity index (χ4n) is 1.48. The summed E-state index contributed by atoms with van der Waals surface area (Å²) in [6, 6.07) is 6.48. The summed E-state index contributed by atoms with van der Waals surface area (Å²) in [5, 5.41) is 14.5. The van der Waals surface area contributed by atoms with E-state index >= 15 is 0 Å². The average Bonchev–Trinajstić information content (AvgIpc) is 3.10. The van der Waals surface area contributed by atoms with E-state index in [-0.39, 0.29) is 24.2 Å². The van der Waals surface area contributed by atoms with E-state index < -0.39 is 0 Å². The van der Waals surface area contributed by atoms with Gasteiger partial charge in [-0.1, -0.05) is 0 Å². The molecule has 2 rings (SSSR count). The van der Waals surface area contributed by atoms with E-state index in [1.54, 1.807) is 24.3 Å². The molecule has 0 saturated carbocycles. The van der Waals surface area contributed by atoms with Crippen molar-refractivity contribution in [2.24, 2.45) is 0 Å². The number of nitrogens with one attached hydrogen (secondary N) is 2. The minimum absolute atomic E-state index is 0.0369. The Morgan fingerprint density at radius 3 is 2.80 bits per heavy atom. The van der Waals surface area contributed by atoms with E-state index in [0.29, 0.717) is 22.8 Å². The maximum Gasteiger partial charge on any atom is 0.291 e. The molecule has 7 heteroatoms. The fraction of sp³-hybridized carbons (Fsp3) is 0.231. The fourth-order valence-corrected chi connectivity index (χ4v) is 2.29. The molecular formula is C13H14N2O4S. The zero-order valence-corrected chi connectivity index (χ0v) is 11.4. The van der Waals surface area contributed by atoms with Crippen LogP contribution in [0, 0.1) is 0 Å². The van der Waals surface area contributed by atoms with Gasteiger partial charge in [-0.25, -0.2) is 0 Å². The minimum Gasteiger partial charge on any atom is -0.459 e. The van der Waals surface area contributed by atoms with Crippen LogP contribution in [0.25, 0.3) is 0 Å². The summed E-state index contributed by atoms with van der Waals surface area (Å²) in [5.74, 6) is -0.363. The van der Waals surface area contributed by atoms with Crippen molar-refractivity contribution in [3.8, 4) is 0 Å². The van der Waals surface area contributed by atoms with Gasteiger partial charge in [-0.3, -0.25) is 9.59 Å². The number of hydrogen-bond donors (Lipinski definition) is 3. The predicted octanol–water partition coefficient (Wildman–Crippen LogP) is 1.71. The van der Waals surface area contributed by atoms with Gasteiger partial charge >= 0.3 is 0 Å². The Kier molecular flexibility index (Phi) is 4.91. The zero-order chi connectivity index (χ0) is 14.4. The molecule has 0 aliphatic carbocycles. The summed E-state index contributed by atoms with van der Waals surface area (Å²) in [6.45, 7) is 0.455. The van der Waals surface area contributed by atoms with Gasteiger partial charge in [0, 0.05) is 13.2 Å². The molecule has 2 amide bonds. The highest BCUT2D eigenvalue weighted by Crippen LogP contribution is 2.22. The van der Waals surface area contributed by atoms with Gasteiger partial charge in [0.1, 0.15) is 0 Å². The number of aliphatic hydroxyl groups excluding tert-OH is 1. The highest BCUT2D eigenvalue weighted by atomic mass is 32.1. The molecule has 0 radical (unpaired) electrons. The number of thiophene rings is 1. The topological polar surface area (TPSA) is 91.6 Å². The van der Waals surface area contributed by atoms with E-state index in [1.165, 1.54) is 17.6 Å². The summed E-state index contributed by atoms with van der Waals surface area (Å²) in [7, 11) is 0.